The van der Waals surface area contributed by atoms with Crippen LogP contribution in [0.25, 0.3) is 0 Å². The predicted octanol–water partition coefficient (Wildman–Crippen LogP) is 3.14. The highest BCUT2D eigenvalue weighted by molar-refractivity contribution is 9.10. The molecule has 0 heterocycles. The van der Waals surface area contributed by atoms with Crippen molar-refractivity contribution in [1.29, 1.82) is 0 Å². The number of anilines is 1. The molecule has 0 aliphatic rings. The summed E-state index contributed by atoms with van der Waals surface area (Å²) in [4.78, 5) is 23.1. The van der Waals surface area contributed by atoms with Gasteiger partial charge in [-0.2, -0.15) is 0 Å². The lowest BCUT2D eigenvalue weighted by Crippen LogP contribution is -2.27. The molecule has 104 valence electrons. The molecule has 1 amide bonds. The van der Waals surface area contributed by atoms with Crippen LogP contribution in [0.4, 0.5) is 5.69 Å². The molecule has 1 rings (SSSR count). The van der Waals surface area contributed by atoms with Crippen molar-refractivity contribution < 1.29 is 14.3 Å². The van der Waals surface area contributed by atoms with Crippen molar-refractivity contribution in [3.8, 4) is 0 Å². The molecule has 4 nitrogen and oxygen atoms in total. The Morgan fingerprint density at radius 1 is 1.32 bits per heavy atom. The van der Waals surface area contributed by atoms with Crippen LogP contribution < -0.4 is 5.32 Å². The zero-order chi connectivity index (χ0) is 14.6. The number of carbonyl (C=O) groups is 2. The van der Waals surface area contributed by atoms with Crippen LogP contribution in [0.15, 0.2) is 18.2 Å². The van der Waals surface area contributed by atoms with E-state index < -0.39 is 0 Å². The molecule has 0 radical (unpaired) electrons. The third-order valence-electron chi connectivity index (χ3n) is 2.74. The van der Waals surface area contributed by atoms with Crippen LogP contribution in [0.5, 0.6) is 0 Å². The molecule has 5 heteroatoms. The minimum absolute atomic E-state index is 0.0936. The van der Waals surface area contributed by atoms with Gasteiger partial charge in [0, 0.05) is 5.69 Å². The lowest BCUT2D eigenvalue weighted by atomic mass is 10.1. The summed E-state index contributed by atoms with van der Waals surface area (Å²) < 4.78 is 4.65. The minimum Gasteiger partial charge on any atom is -0.465 e. The van der Waals surface area contributed by atoms with Crippen LogP contribution in [0.1, 0.15) is 29.8 Å². The average molecular weight is 328 g/mol. The maximum absolute atomic E-state index is 11.9. The molecule has 19 heavy (non-hydrogen) atoms. The molecule has 0 bridgehead atoms. The van der Waals surface area contributed by atoms with E-state index in [-0.39, 0.29) is 22.6 Å². The SMILES string of the molecule is COC(=O)c1ccc(NC(=O)C(Br)C(C)C)c(C)c1. The third-order valence-corrected chi connectivity index (χ3v) is 4.21. The number of benzene rings is 1. The molecule has 1 N–H and O–H groups in total. The fourth-order valence-corrected chi connectivity index (χ4v) is 1.67. The summed E-state index contributed by atoms with van der Waals surface area (Å²) in [6.45, 7) is 5.76. The Balaban J connectivity index is 2.86. The van der Waals surface area contributed by atoms with E-state index in [4.69, 9.17) is 0 Å². The summed E-state index contributed by atoms with van der Waals surface area (Å²) in [7, 11) is 1.34. The fourth-order valence-electron chi connectivity index (χ4n) is 1.55. The van der Waals surface area contributed by atoms with Gasteiger partial charge in [0.05, 0.1) is 17.5 Å². The monoisotopic (exact) mass is 327 g/mol. The van der Waals surface area contributed by atoms with Crippen molar-refractivity contribution in [3.05, 3.63) is 29.3 Å². The van der Waals surface area contributed by atoms with Gasteiger partial charge in [-0.25, -0.2) is 4.79 Å². The predicted molar refractivity (Wildman–Crippen MR) is 78.7 cm³/mol. The molecule has 1 atom stereocenters. The number of nitrogens with one attached hydrogen (secondary N) is 1. The Hall–Kier alpha value is -1.36. The summed E-state index contributed by atoms with van der Waals surface area (Å²) >= 11 is 3.35. The number of hydrogen-bond donors (Lipinski definition) is 1. The van der Waals surface area contributed by atoms with E-state index in [2.05, 4.69) is 26.0 Å². The second kappa shape index (κ2) is 6.70. The van der Waals surface area contributed by atoms with Crippen LogP contribution in [-0.2, 0) is 9.53 Å². The quantitative estimate of drug-likeness (QED) is 0.682. The number of methoxy groups -OCH3 is 1. The van der Waals surface area contributed by atoms with Crippen LogP contribution in [0.2, 0.25) is 0 Å². The Morgan fingerprint density at radius 3 is 2.42 bits per heavy atom. The first-order chi connectivity index (χ1) is 8.86. The zero-order valence-corrected chi connectivity index (χ0v) is 13.1. The number of alkyl halides is 1. The third kappa shape index (κ3) is 4.06. The summed E-state index contributed by atoms with van der Waals surface area (Å²) in [5, 5.41) is 2.84. The van der Waals surface area contributed by atoms with Crippen molar-refractivity contribution in [1.82, 2.24) is 0 Å². The number of esters is 1. The smallest absolute Gasteiger partial charge is 0.337 e. The summed E-state index contributed by atoms with van der Waals surface area (Å²) in [6, 6.07) is 5.03. The topological polar surface area (TPSA) is 55.4 Å². The Morgan fingerprint density at radius 2 is 1.95 bits per heavy atom. The number of ether oxygens (including phenoxy) is 1. The van der Waals surface area contributed by atoms with Crippen molar-refractivity contribution in [2.24, 2.45) is 5.92 Å². The molecule has 1 unspecified atom stereocenters. The van der Waals surface area contributed by atoms with Gasteiger partial charge >= 0.3 is 5.97 Å². The molecule has 0 aliphatic carbocycles. The van der Waals surface area contributed by atoms with Gasteiger partial charge in [0.2, 0.25) is 5.91 Å². The van der Waals surface area contributed by atoms with Crippen molar-refractivity contribution in [2.75, 3.05) is 12.4 Å². The van der Waals surface area contributed by atoms with Gasteiger partial charge in [0.15, 0.2) is 0 Å². The highest BCUT2D eigenvalue weighted by atomic mass is 79.9. The number of carbonyl (C=O) groups excluding carboxylic acids is 2. The van der Waals surface area contributed by atoms with Crippen molar-refractivity contribution in [3.63, 3.8) is 0 Å². The maximum atomic E-state index is 11.9. The molecule has 1 aromatic carbocycles. The number of hydrogen-bond acceptors (Lipinski definition) is 3. The van der Waals surface area contributed by atoms with Gasteiger partial charge in [-0.05, 0) is 36.6 Å². The molecular weight excluding hydrogens is 310 g/mol. The molecule has 0 saturated carbocycles. The number of aryl methyl sites for hydroxylation is 1. The van der Waals surface area contributed by atoms with E-state index in [9.17, 15) is 9.59 Å². The van der Waals surface area contributed by atoms with Crippen LogP contribution in [0, 0.1) is 12.8 Å². The number of rotatable bonds is 4. The van der Waals surface area contributed by atoms with E-state index in [0.717, 1.165) is 5.56 Å². The van der Waals surface area contributed by atoms with E-state index in [1.54, 1.807) is 18.2 Å². The lowest BCUT2D eigenvalue weighted by molar-refractivity contribution is -0.116. The Bertz CT molecular complexity index is 486. The van der Waals surface area contributed by atoms with Crippen LogP contribution in [0.3, 0.4) is 0 Å². The first-order valence-corrected chi connectivity index (χ1v) is 6.92. The van der Waals surface area contributed by atoms with Crippen LogP contribution >= 0.6 is 15.9 Å². The van der Waals surface area contributed by atoms with Gasteiger partial charge in [-0.1, -0.05) is 29.8 Å². The number of amides is 1. The Labute approximate surface area is 121 Å². The summed E-state index contributed by atoms with van der Waals surface area (Å²) in [5.74, 6) is -0.278. The molecule has 0 fully saturated rings. The van der Waals surface area contributed by atoms with Gasteiger partial charge in [0.25, 0.3) is 0 Å². The average Bonchev–Trinajstić information content (AvgIpc) is 2.38. The molecule has 0 spiro atoms. The van der Waals surface area contributed by atoms with Crippen molar-refractivity contribution >= 4 is 33.5 Å². The molecule has 0 aliphatic heterocycles. The first kappa shape index (κ1) is 15.7. The fraction of sp³-hybridized carbons (Fsp3) is 0.429. The normalized spacial score (nSPS) is 12.1. The van der Waals surface area contributed by atoms with E-state index in [1.807, 2.05) is 20.8 Å². The lowest BCUT2D eigenvalue weighted by Gasteiger charge is -2.15. The van der Waals surface area contributed by atoms with Gasteiger partial charge in [-0.3, -0.25) is 4.79 Å². The van der Waals surface area contributed by atoms with Gasteiger partial charge < -0.3 is 10.1 Å². The maximum Gasteiger partial charge on any atom is 0.337 e. The molecule has 1 aromatic rings. The molecule has 0 aromatic heterocycles. The van der Waals surface area contributed by atoms with Gasteiger partial charge in [-0.15, -0.1) is 0 Å². The highest BCUT2D eigenvalue weighted by Crippen LogP contribution is 2.20. The zero-order valence-electron chi connectivity index (χ0n) is 11.5. The second-order valence-corrected chi connectivity index (χ2v) is 5.64. The Kier molecular flexibility index (Phi) is 5.54. The van der Waals surface area contributed by atoms with Gasteiger partial charge in [0.1, 0.15) is 0 Å². The van der Waals surface area contributed by atoms with Crippen LogP contribution in [-0.4, -0.2) is 23.8 Å². The first-order valence-electron chi connectivity index (χ1n) is 6.00. The van der Waals surface area contributed by atoms with E-state index >= 15 is 0 Å². The number of halogens is 1. The summed E-state index contributed by atoms with van der Waals surface area (Å²) in [6.07, 6.45) is 0. The van der Waals surface area contributed by atoms with Crippen molar-refractivity contribution in [2.45, 2.75) is 25.6 Å². The molecular formula is C14H18BrNO3. The van der Waals surface area contributed by atoms with E-state index in [0.29, 0.717) is 11.3 Å². The minimum atomic E-state index is -0.387. The largest absolute Gasteiger partial charge is 0.465 e. The second-order valence-electron chi connectivity index (χ2n) is 4.66. The standard InChI is InChI=1S/C14H18BrNO3/c1-8(2)12(15)13(17)16-11-6-5-10(7-9(11)3)14(18)19-4/h5-8,12H,1-4H3,(H,16,17). The highest BCUT2D eigenvalue weighted by Gasteiger charge is 2.19. The van der Waals surface area contributed by atoms with E-state index in [1.165, 1.54) is 7.11 Å². The summed E-state index contributed by atoms with van der Waals surface area (Å²) in [5.41, 5.74) is 1.99. The molecule has 0 saturated heterocycles.